The van der Waals surface area contributed by atoms with E-state index in [0.717, 1.165) is 38.4 Å². The number of ether oxygens (including phenoxy) is 2. The Balaban J connectivity index is 1.38. The number of carbonyl (C=O) groups is 2. The van der Waals surface area contributed by atoms with Gasteiger partial charge in [-0.15, -0.1) is 0 Å². The normalized spacial score (nSPS) is 13.3. The number of nitrogens with zero attached hydrogens (tertiary/aromatic N) is 2. The lowest BCUT2D eigenvalue weighted by atomic mass is 9.98. The van der Waals surface area contributed by atoms with Crippen LogP contribution in [0.1, 0.15) is 40.7 Å². The van der Waals surface area contributed by atoms with Crippen molar-refractivity contribution in [3.8, 4) is 11.1 Å². The molecule has 1 aliphatic rings. The minimum absolute atomic E-state index is 0.0285. The van der Waals surface area contributed by atoms with Crippen molar-refractivity contribution in [1.82, 2.24) is 5.06 Å². The molecule has 0 bridgehead atoms. The summed E-state index contributed by atoms with van der Waals surface area (Å²) in [4.78, 5) is 35.2. The number of rotatable bonds is 10. The third-order valence-corrected chi connectivity index (χ3v) is 7.30. The van der Waals surface area contributed by atoms with Crippen LogP contribution in [-0.4, -0.2) is 49.8 Å². The molecule has 0 heterocycles. The number of carbonyl (C=O) groups excluding carboxylic acids is 2. The number of hydrogen-bond acceptors (Lipinski definition) is 7. The maximum atomic E-state index is 13.5. The third kappa shape index (κ3) is 6.34. The van der Waals surface area contributed by atoms with Gasteiger partial charge in [-0.05, 0) is 33.4 Å². The highest BCUT2D eigenvalue weighted by molar-refractivity contribution is 5.86. The number of aliphatic imine (C=N–C) groups is 1. The molecule has 1 atom stereocenters. The second-order valence-corrected chi connectivity index (χ2v) is 9.87. The average Bonchev–Trinajstić information content (AvgIpc) is 3.36. The Kier molecular flexibility index (Phi) is 8.94. The number of benzene rings is 4. The largest absolute Gasteiger partial charge is 0.599 e. The van der Waals surface area contributed by atoms with Crippen LogP contribution in [-0.2, 0) is 23.9 Å². The molecule has 0 aliphatic heterocycles. The lowest BCUT2D eigenvalue weighted by Crippen LogP contribution is -2.35. The zero-order valence-corrected chi connectivity index (χ0v) is 23.4. The molecule has 214 valence electrons. The molecule has 0 fully saturated rings. The first kappa shape index (κ1) is 28.6. The van der Waals surface area contributed by atoms with Crippen molar-refractivity contribution in [3.05, 3.63) is 131 Å². The molecule has 1 amide bonds. The van der Waals surface area contributed by atoms with Crippen LogP contribution in [0.2, 0.25) is 0 Å². The Bertz CT molecular complexity index is 1470. The van der Waals surface area contributed by atoms with Gasteiger partial charge in [-0.25, -0.2) is 9.86 Å². The van der Waals surface area contributed by atoms with Crippen LogP contribution in [0, 0.1) is 0 Å². The van der Waals surface area contributed by atoms with Crippen molar-refractivity contribution in [1.29, 1.82) is 0 Å². The van der Waals surface area contributed by atoms with E-state index in [1.165, 1.54) is 14.2 Å². The molecule has 0 N–H and O–H groups in total. The van der Waals surface area contributed by atoms with Gasteiger partial charge in [0.15, 0.2) is 12.1 Å². The van der Waals surface area contributed by atoms with Gasteiger partial charge in [-0.1, -0.05) is 109 Å². The number of amides is 1. The second-order valence-electron chi connectivity index (χ2n) is 9.87. The summed E-state index contributed by atoms with van der Waals surface area (Å²) in [5.74, 6) is -1.56. The molecular formula is C34H31N2O6-. The van der Waals surface area contributed by atoms with Crippen molar-refractivity contribution in [2.75, 3.05) is 20.8 Å². The summed E-state index contributed by atoms with van der Waals surface area (Å²) in [6.07, 6.45) is -2.16. The van der Waals surface area contributed by atoms with E-state index >= 15 is 0 Å². The second kappa shape index (κ2) is 13.1. The smallest absolute Gasteiger partial charge is 0.332 e. The van der Waals surface area contributed by atoms with E-state index in [1.54, 1.807) is 0 Å². The summed E-state index contributed by atoms with van der Waals surface area (Å²) < 4.78 is 11.5. The molecule has 0 spiro atoms. The lowest BCUT2D eigenvalue weighted by Gasteiger charge is -2.24. The van der Waals surface area contributed by atoms with Gasteiger partial charge in [-0.2, -0.15) is 0 Å². The molecule has 8 nitrogen and oxygen atoms in total. The van der Waals surface area contributed by atoms with Gasteiger partial charge >= 0.3 is 5.97 Å². The molecule has 4 aromatic carbocycles. The predicted molar refractivity (Wildman–Crippen MR) is 156 cm³/mol. The summed E-state index contributed by atoms with van der Waals surface area (Å²) >= 11 is 0. The molecule has 0 saturated heterocycles. The molecule has 0 aromatic heterocycles. The van der Waals surface area contributed by atoms with E-state index < -0.39 is 36.5 Å². The molecule has 0 saturated carbocycles. The van der Waals surface area contributed by atoms with Crippen LogP contribution in [0.5, 0.6) is 0 Å². The Morgan fingerprint density at radius 3 is 1.83 bits per heavy atom. The zero-order chi connectivity index (χ0) is 29.5. The maximum Gasteiger partial charge on any atom is 0.332 e. The average molecular weight is 564 g/mol. The molecular weight excluding hydrogens is 532 g/mol. The van der Waals surface area contributed by atoms with Gasteiger partial charge in [0.1, 0.15) is 6.08 Å². The highest BCUT2D eigenvalue weighted by Crippen LogP contribution is 2.44. The van der Waals surface area contributed by atoms with E-state index in [9.17, 15) is 14.7 Å². The maximum absolute atomic E-state index is 13.5. The first-order valence-corrected chi connectivity index (χ1v) is 13.6. The summed E-state index contributed by atoms with van der Waals surface area (Å²) in [5.41, 5.74) is 5.75. The van der Waals surface area contributed by atoms with E-state index in [2.05, 4.69) is 4.99 Å². The van der Waals surface area contributed by atoms with Gasteiger partial charge < -0.3 is 14.6 Å². The summed E-state index contributed by atoms with van der Waals surface area (Å²) in [7, 11) is 2.74. The molecule has 4 aromatic rings. The number of fused-ring (bicyclic) bond motifs is 3. The number of hydrogen-bond donors (Lipinski definition) is 0. The third-order valence-electron chi connectivity index (χ3n) is 7.30. The van der Waals surface area contributed by atoms with Crippen LogP contribution in [0.3, 0.4) is 0 Å². The van der Waals surface area contributed by atoms with Crippen molar-refractivity contribution in [2.45, 2.75) is 24.5 Å². The highest BCUT2D eigenvalue weighted by Gasteiger charge is 2.30. The lowest BCUT2D eigenvalue weighted by molar-refractivity contribution is -0.251. The van der Waals surface area contributed by atoms with Crippen LogP contribution in [0.15, 0.2) is 114 Å². The van der Waals surface area contributed by atoms with Gasteiger partial charge in [0.2, 0.25) is 5.91 Å². The molecule has 0 radical (unpaired) electrons. The molecule has 8 heteroatoms. The van der Waals surface area contributed by atoms with Gasteiger partial charge in [0.25, 0.3) is 0 Å². The Morgan fingerprint density at radius 2 is 1.31 bits per heavy atom. The van der Waals surface area contributed by atoms with Gasteiger partial charge in [-0.3, -0.25) is 14.6 Å². The fraction of sp³-hybridized carbons (Fsp3) is 0.206. The summed E-state index contributed by atoms with van der Waals surface area (Å²) in [6, 6.07) is 33.0. The number of esters is 1. The van der Waals surface area contributed by atoms with Crippen LogP contribution in [0.25, 0.3) is 11.1 Å². The summed E-state index contributed by atoms with van der Waals surface area (Å²) in [5, 5.41) is 14.0. The van der Waals surface area contributed by atoms with Crippen LogP contribution in [0.4, 0.5) is 0 Å². The van der Waals surface area contributed by atoms with Crippen molar-refractivity contribution in [3.63, 3.8) is 0 Å². The predicted octanol–water partition coefficient (Wildman–Crippen LogP) is 4.64. The van der Waals surface area contributed by atoms with E-state index in [1.807, 2.05) is 109 Å². The SMILES string of the molecule is CON(C)C(=O)CC(N=C([O-])OCC1c2ccccc2-c2ccccc21)C(=O)OC(c1ccccc1)c1ccccc1. The minimum Gasteiger partial charge on any atom is -0.599 e. The first-order valence-electron chi connectivity index (χ1n) is 13.6. The van der Waals surface area contributed by atoms with Crippen molar-refractivity contribution >= 4 is 18.0 Å². The Morgan fingerprint density at radius 1 is 0.810 bits per heavy atom. The monoisotopic (exact) mass is 563 g/mol. The molecule has 5 rings (SSSR count). The van der Waals surface area contributed by atoms with E-state index in [0.29, 0.717) is 0 Å². The van der Waals surface area contributed by atoms with Crippen LogP contribution >= 0.6 is 0 Å². The van der Waals surface area contributed by atoms with Crippen molar-refractivity contribution < 1.29 is 29.0 Å². The number of hydroxylamine groups is 2. The van der Waals surface area contributed by atoms with Gasteiger partial charge in [0.05, 0.1) is 13.5 Å². The topological polar surface area (TPSA) is 100 Å². The van der Waals surface area contributed by atoms with Gasteiger partial charge in [0, 0.05) is 19.6 Å². The quantitative estimate of drug-likeness (QED) is 0.121. The Labute approximate surface area is 244 Å². The molecule has 1 unspecified atom stereocenters. The van der Waals surface area contributed by atoms with Crippen molar-refractivity contribution in [2.24, 2.45) is 4.99 Å². The fourth-order valence-corrected chi connectivity index (χ4v) is 5.11. The fourth-order valence-electron chi connectivity index (χ4n) is 5.11. The van der Waals surface area contributed by atoms with E-state index in [-0.39, 0.29) is 12.5 Å². The van der Waals surface area contributed by atoms with Crippen LogP contribution < -0.4 is 5.11 Å². The molecule has 42 heavy (non-hydrogen) atoms. The van der Waals surface area contributed by atoms with E-state index in [4.69, 9.17) is 14.3 Å². The molecule has 1 aliphatic carbocycles. The minimum atomic E-state index is -1.44. The Hall–Kier alpha value is -4.95. The zero-order valence-electron chi connectivity index (χ0n) is 23.4. The standard InChI is InChI=1S/C34H32N2O6/c1-36(40-2)31(37)21-30(33(38)42-32(23-13-5-3-6-14-23)24-15-7-4-8-16-24)35-34(39)41-22-29-27-19-11-9-17-25(27)26-18-10-12-20-28(26)29/h3-20,29-30,32H,21-22H2,1-2H3,(H,35,39)/p-1. The highest BCUT2D eigenvalue weighted by atomic mass is 16.7. The first-order chi connectivity index (χ1) is 20.5. The summed E-state index contributed by atoms with van der Waals surface area (Å²) in [6.45, 7) is 0.0285.